The highest BCUT2D eigenvalue weighted by molar-refractivity contribution is 6.15. The third-order valence-corrected chi connectivity index (χ3v) is 13.4. The van der Waals surface area contributed by atoms with E-state index in [9.17, 15) is 0 Å². The van der Waals surface area contributed by atoms with Gasteiger partial charge in [0.2, 0.25) is 0 Å². The zero-order chi connectivity index (χ0) is 41.9. The molecule has 0 atom stereocenters. The van der Waals surface area contributed by atoms with Gasteiger partial charge in [0, 0.05) is 54.5 Å². The number of nitrogens with zero attached hydrogens (tertiary/aromatic N) is 3. The van der Waals surface area contributed by atoms with Crippen molar-refractivity contribution in [3.8, 4) is 39.3 Å². The largest absolute Gasteiger partial charge is 0.454 e. The zero-order valence-electron chi connectivity index (χ0n) is 34.6. The van der Waals surface area contributed by atoms with Crippen LogP contribution in [-0.2, 0) is 0 Å². The lowest BCUT2D eigenvalue weighted by atomic mass is 9.99. The van der Waals surface area contributed by atoms with Crippen LogP contribution in [0.4, 0.5) is 0 Å². The summed E-state index contributed by atoms with van der Waals surface area (Å²) in [6.07, 6.45) is 0. The highest BCUT2D eigenvalue weighted by Crippen LogP contribution is 2.42. The summed E-state index contributed by atoms with van der Waals surface area (Å²) >= 11 is 0. The topological polar surface area (TPSA) is 27.9 Å². The van der Waals surface area contributed by atoms with Crippen LogP contribution in [-0.4, -0.2) is 13.7 Å². The van der Waals surface area contributed by atoms with Gasteiger partial charge < -0.3 is 18.1 Å². The first-order valence-electron chi connectivity index (χ1n) is 21.9. The SMILES string of the molecule is c1ccc(-n2c3ccccc3c3ccc(-c4ccc5c(c4)c4ccc(-c6ccc7c(c6)c6ccccc6n7-c6cccc7c6oc6ccccc67)cc4n5-c4ccccc4)cc32)cc1. The molecule has 0 saturated heterocycles. The summed E-state index contributed by atoms with van der Waals surface area (Å²) < 4.78 is 13.8. The lowest BCUT2D eigenvalue weighted by Crippen LogP contribution is -1.94. The van der Waals surface area contributed by atoms with Crippen LogP contribution in [0.3, 0.4) is 0 Å². The van der Waals surface area contributed by atoms with Crippen LogP contribution < -0.4 is 0 Å². The molecule has 0 spiro atoms. The van der Waals surface area contributed by atoms with Crippen LogP contribution >= 0.6 is 0 Å². The van der Waals surface area contributed by atoms with Crippen molar-refractivity contribution >= 4 is 87.4 Å². The number of para-hydroxylation sites is 6. The molecule has 0 fully saturated rings. The van der Waals surface area contributed by atoms with Crippen molar-refractivity contribution < 1.29 is 4.42 Å². The summed E-state index contributed by atoms with van der Waals surface area (Å²) in [6, 6.07) is 81.5. The van der Waals surface area contributed by atoms with Crippen molar-refractivity contribution in [2.75, 3.05) is 0 Å². The Kier molecular flexibility index (Phi) is 7.36. The standard InChI is InChI=1S/C60H37N3O/c1-3-14-42(15-4-1)61-52-22-10-7-18-44(52)46-30-26-40(36-57(46)61)38-28-32-54-51(35-38)47-31-27-41(37-58(47)62(54)43-16-5-2-6-17-43)39-29-33-55-50(34-39)45-19-8-11-23-53(45)63(55)56-24-13-21-49-48-20-9-12-25-59(48)64-60(49)56/h1-37H. The van der Waals surface area contributed by atoms with Gasteiger partial charge >= 0.3 is 0 Å². The first kappa shape index (κ1) is 35.0. The summed E-state index contributed by atoms with van der Waals surface area (Å²) in [4.78, 5) is 0. The van der Waals surface area contributed by atoms with Gasteiger partial charge in [0.1, 0.15) is 5.58 Å². The maximum atomic E-state index is 6.57. The van der Waals surface area contributed by atoms with Crippen LogP contribution in [0.1, 0.15) is 0 Å². The van der Waals surface area contributed by atoms with E-state index in [2.05, 4.69) is 232 Å². The monoisotopic (exact) mass is 815 g/mol. The Morgan fingerprint density at radius 1 is 0.250 bits per heavy atom. The molecule has 4 nitrogen and oxygen atoms in total. The van der Waals surface area contributed by atoms with Crippen LogP contribution in [0.5, 0.6) is 0 Å². The Morgan fingerprint density at radius 2 is 0.672 bits per heavy atom. The zero-order valence-corrected chi connectivity index (χ0v) is 34.6. The van der Waals surface area contributed by atoms with E-state index in [4.69, 9.17) is 4.42 Å². The molecule has 298 valence electrons. The van der Waals surface area contributed by atoms with Crippen molar-refractivity contribution in [2.45, 2.75) is 0 Å². The quantitative estimate of drug-likeness (QED) is 0.170. The minimum absolute atomic E-state index is 0.897. The highest BCUT2D eigenvalue weighted by atomic mass is 16.3. The average Bonchev–Trinajstić information content (AvgIpc) is 4.10. The summed E-state index contributed by atoms with van der Waals surface area (Å²) in [5, 5.41) is 9.63. The second-order valence-corrected chi connectivity index (χ2v) is 16.9. The Balaban J connectivity index is 0.940. The number of benzene rings is 10. The summed E-state index contributed by atoms with van der Waals surface area (Å²) in [6.45, 7) is 0. The average molecular weight is 816 g/mol. The number of hydrogen-bond donors (Lipinski definition) is 0. The van der Waals surface area contributed by atoms with Gasteiger partial charge in [-0.3, -0.25) is 0 Å². The molecular weight excluding hydrogens is 779 g/mol. The van der Waals surface area contributed by atoms with E-state index >= 15 is 0 Å². The number of aromatic nitrogens is 3. The molecule has 0 saturated carbocycles. The molecule has 0 aliphatic rings. The summed E-state index contributed by atoms with van der Waals surface area (Å²) in [7, 11) is 0. The molecule has 0 aliphatic carbocycles. The molecule has 0 radical (unpaired) electrons. The molecule has 0 aliphatic heterocycles. The Labute approximate surface area is 367 Å². The number of rotatable bonds is 5. The van der Waals surface area contributed by atoms with Crippen molar-refractivity contribution in [1.29, 1.82) is 0 Å². The fourth-order valence-electron chi connectivity index (χ4n) is 10.6. The molecule has 0 unspecified atom stereocenters. The van der Waals surface area contributed by atoms with Crippen LogP contribution in [0.2, 0.25) is 0 Å². The van der Waals surface area contributed by atoms with Gasteiger partial charge in [-0.15, -0.1) is 0 Å². The number of fused-ring (bicyclic) bond motifs is 12. The second kappa shape index (κ2) is 13.4. The van der Waals surface area contributed by atoms with Crippen molar-refractivity contribution in [3.63, 3.8) is 0 Å². The maximum absolute atomic E-state index is 6.57. The molecule has 64 heavy (non-hydrogen) atoms. The van der Waals surface area contributed by atoms with E-state index < -0.39 is 0 Å². The number of furan rings is 1. The van der Waals surface area contributed by atoms with Crippen LogP contribution in [0.25, 0.3) is 127 Å². The van der Waals surface area contributed by atoms with E-state index in [1.807, 2.05) is 6.07 Å². The number of hydrogen-bond acceptors (Lipinski definition) is 1. The predicted molar refractivity (Wildman–Crippen MR) is 268 cm³/mol. The molecule has 10 aromatic carbocycles. The van der Waals surface area contributed by atoms with Crippen molar-refractivity contribution in [1.82, 2.24) is 13.7 Å². The maximum Gasteiger partial charge on any atom is 0.159 e. The molecule has 4 heteroatoms. The van der Waals surface area contributed by atoms with Crippen LogP contribution in [0, 0.1) is 0 Å². The van der Waals surface area contributed by atoms with Crippen LogP contribution in [0.15, 0.2) is 229 Å². The minimum Gasteiger partial charge on any atom is -0.454 e. The summed E-state index contributed by atoms with van der Waals surface area (Å²) in [5.41, 5.74) is 16.9. The first-order valence-corrected chi connectivity index (χ1v) is 21.9. The minimum atomic E-state index is 0.897. The van der Waals surface area contributed by atoms with Gasteiger partial charge in [-0.25, -0.2) is 0 Å². The Bertz CT molecular complexity index is 4180. The van der Waals surface area contributed by atoms with Gasteiger partial charge in [0.25, 0.3) is 0 Å². The highest BCUT2D eigenvalue weighted by Gasteiger charge is 2.20. The van der Waals surface area contributed by atoms with E-state index in [1.165, 1.54) is 76.6 Å². The van der Waals surface area contributed by atoms with Gasteiger partial charge in [0.05, 0.1) is 38.8 Å². The van der Waals surface area contributed by atoms with E-state index in [0.717, 1.165) is 50.0 Å². The fraction of sp³-hybridized carbons (Fsp3) is 0. The smallest absolute Gasteiger partial charge is 0.159 e. The normalized spacial score (nSPS) is 12.1. The van der Waals surface area contributed by atoms with Crippen molar-refractivity contribution in [3.05, 3.63) is 224 Å². The fourth-order valence-corrected chi connectivity index (χ4v) is 10.6. The molecule has 14 rings (SSSR count). The molecule has 14 aromatic rings. The van der Waals surface area contributed by atoms with Gasteiger partial charge in [-0.1, -0.05) is 140 Å². The Hall–Kier alpha value is -8.60. The lowest BCUT2D eigenvalue weighted by Gasteiger charge is -2.10. The second-order valence-electron chi connectivity index (χ2n) is 16.9. The van der Waals surface area contributed by atoms with E-state index in [1.54, 1.807) is 0 Å². The van der Waals surface area contributed by atoms with Gasteiger partial charge in [-0.05, 0) is 107 Å². The molecule has 0 amide bonds. The Morgan fingerprint density at radius 3 is 1.30 bits per heavy atom. The molecular formula is C60H37N3O. The van der Waals surface area contributed by atoms with Crippen molar-refractivity contribution in [2.24, 2.45) is 0 Å². The summed E-state index contributed by atoms with van der Waals surface area (Å²) in [5.74, 6) is 0. The third kappa shape index (κ3) is 5.05. The van der Waals surface area contributed by atoms with Gasteiger partial charge in [0.15, 0.2) is 5.58 Å². The molecule has 0 N–H and O–H groups in total. The molecule has 0 bridgehead atoms. The van der Waals surface area contributed by atoms with E-state index in [0.29, 0.717) is 0 Å². The predicted octanol–water partition coefficient (Wildman–Crippen LogP) is 16.2. The lowest BCUT2D eigenvalue weighted by molar-refractivity contribution is 0.666. The third-order valence-electron chi connectivity index (χ3n) is 13.4. The molecule has 4 aromatic heterocycles. The molecule has 4 heterocycles. The first-order chi connectivity index (χ1) is 31.7. The van der Waals surface area contributed by atoms with Gasteiger partial charge in [-0.2, -0.15) is 0 Å². The van der Waals surface area contributed by atoms with E-state index in [-0.39, 0.29) is 0 Å².